The maximum Gasteiger partial charge on any atom is 0.262 e. The van der Waals surface area contributed by atoms with Crippen LogP contribution < -0.4 is 5.32 Å². The van der Waals surface area contributed by atoms with Gasteiger partial charge in [-0.1, -0.05) is 30.3 Å². The van der Waals surface area contributed by atoms with Gasteiger partial charge in [-0.15, -0.1) is 0 Å². The number of imide groups is 1. The van der Waals surface area contributed by atoms with E-state index in [4.69, 9.17) is 0 Å². The lowest BCUT2D eigenvalue weighted by Gasteiger charge is -2.25. The van der Waals surface area contributed by atoms with E-state index in [1.165, 1.54) is 0 Å². The second-order valence-electron chi connectivity index (χ2n) is 7.18. The first-order valence-corrected chi connectivity index (χ1v) is 11.3. The number of nitrogens with one attached hydrogen (secondary N) is 1. The van der Waals surface area contributed by atoms with Gasteiger partial charge in [-0.05, 0) is 48.1 Å². The zero-order valence-corrected chi connectivity index (χ0v) is 17.5. The van der Waals surface area contributed by atoms with E-state index in [2.05, 4.69) is 9.88 Å². The molecule has 6 nitrogen and oxygen atoms in total. The Labute approximate surface area is 179 Å². The molecule has 1 unspecified atom stereocenters. The minimum absolute atomic E-state index is 0.296. The smallest absolute Gasteiger partial charge is 0.262 e. The Balaban J connectivity index is 1.46. The average molecular weight is 422 g/mol. The molecule has 0 bridgehead atoms. The van der Waals surface area contributed by atoms with Crippen LogP contribution in [0.1, 0.15) is 27.1 Å². The van der Waals surface area contributed by atoms with Crippen molar-refractivity contribution in [1.82, 2.24) is 14.8 Å². The molecule has 0 saturated carbocycles. The van der Waals surface area contributed by atoms with E-state index < -0.39 is 17.9 Å². The van der Waals surface area contributed by atoms with Gasteiger partial charge in [0.05, 0.1) is 11.1 Å². The average Bonchev–Trinajstić information content (AvgIpc) is 3.29. The summed E-state index contributed by atoms with van der Waals surface area (Å²) in [5.74, 6) is -0.412. The Hall–Kier alpha value is -3.06. The van der Waals surface area contributed by atoms with Crippen LogP contribution in [0.2, 0.25) is 0 Å². The van der Waals surface area contributed by atoms with Crippen molar-refractivity contribution < 1.29 is 14.4 Å². The largest absolute Gasteiger partial charge is 0.353 e. The SMILES string of the molecule is CSCCC(C(=O)NCCn1ccc2ccccc21)N1C(=O)c2ccccc2C1=O. The van der Waals surface area contributed by atoms with Crippen LogP contribution >= 0.6 is 11.8 Å². The third-order valence-corrected chi connectivity index (χ3v) is 6.01. The predicted molar refractivity (Wildman–Crippen MR) is 119 cm³/mol. The first kappa shape index (κ1) is 20.2. The number of amides is 3. The quantitative estimate of drug-likeness (QED) is 0.567. The van der Waals surface area contributed by atoms with E-state index in [0.29, 0.717) is 36.4 Å². The second kappa shape index (κ2) is 8.75. The van der Waals surface area contributed by atoms with Gasteiger partial charge in [0.1, 0.15) is 6.04 Å². The van der Waals surface area contributed by atoms with Crippen LogP contribution in [0.25, 0.3) is 10.9 Å². The number of hydrogen-bond donors (Lipinski definition) is 1. The molecule has 1 atom stereocenters. The Morgan fingerprint density at radius 2 is 1.67 bits per heavy atom. The van der Waals surface area contributed by atoms with Crippen molar-refractivity contribution in [2.45, 2.75) is 19.0 Å². The molecule has 0 radical (unpaired) electrons. The molecule has 0 fully saturated rings. The minimum atomic E-state index is -0.814. The first-order chi connectivity index (χ1) is 14.6. The molecule has 2 heterocycles. The molecule has 7 heteroatoms. The lowest BCUT2D eigenvalue weighted by atomic mass is 10.1. The molecular weight excluding hydrogens is 398 g/mol. The van der Waals surface area contributed by atoms with E-state index in [1.54, 1.807) is 36.0 Å². The molecule has 2 aromatic carbocycles. The van der Waals surface area contributed by atoms with Gasteiger partial charge < -0.3 is 9.88 Å². The molecule has 154 valence electrons. The van der Waals surface area contributed by atoms with Crippen molar-refractivity contribution in [2.75, 3.05) is 18.6 Å². The van der Waals surface area contributed by atoms with Crippen LogP contribution in [-0.4, -0.2) is 51.8 Å². The van der Waals surface area contributed by atoms with Crippen LogP contribution in [-0.2, 0) is 11.3 Å². The van der Waals surface area contributed by atoms with Gasteiger partial charge in [0.15, 0.2) is 0 Å². The van der Waals surface area contributed by atoms with E-state index in [1.807, 2.05) is 42.8 Å². The fraction of sp³-hybridized carbons (Fsp3) is 0.261. The summed E-state index contributed by atoms with van der Waals surface area (Å²) in [6, 6.07) is 16.0. The third-order valence-electron chi connectivity index (χ3n) is 5.37. The molecular formula is C23H23N3O3S. The zero-order valence-electron chi connectivity index (χ0n) is 16.7. The molecule has 30 heavy (non-hydrogen) atoms. The number of carbonyl (C=O) groups excluding carboxylic acids is 3. The Morgan fingerprint density at radius 3 is 2.37 bits per heavy atom. The van der Waals surface area contributed by atoms with E-state index in [0.717, 1.165) is 15.8 Å². The van der Waals surface area contributed by atoms with Crippen LogP contribution in [0.15, 0.2) is 60.8 Å². The van der Waals surface area contributed by atoms with Crippen molar-refractivity contribution in [3.05, 3.63) is 71.9 Å². The van der Waals surface area contributed by atoms with E-state index >= 15 is 0 Å². The van der Waals surface area contributed by atoms with Crippen molar-refractivity contribution in [2.24, 2.45) is 0 Å². The number of hydrogen-bond acceptors (Lipinski definition) is 4. The standard InChI is InChI=1S/C23H23N3O3S/c1-30-15-11-20(26-22(28)17-7-3-4-8-18(17)23(26)29)21(27)24-12-14-25-13-10-16-6-2-5-9-19(16)25/h2-10,13,20H,11-12,14-15H2,1H3,(H,24,27). The van der Waals surface area contributed by atoms with Crippen LogP contribution in [0, 0.1) is 0 Å². The third kappa shape index (κ3) is 3.73. The maximum absolute atomic E-state index is 13.0. The number of aromatic nitrogens is 1. The molecule has 1 aromatic heterocycles. The van der Waals surface area contributed by atoms with E-state index in [9.17, 15) is 14.4 Å². The molecule has 3 amide bonds. The number of thioether (sulfide) groups is 1. The van der Waals surface area contributed by atoms with Crippen molar-refractivity contribution >= 4 is 40.4 Å². The molecule has 4 rings (SSSR count). The summed E-state index contributed by atoms with van der Waals surface area (Å²) in [5, 5.41) is 4.07. The summed E-state index contributed by atoms with van der Waals surface area (Å²) in [4.78, 5) is 39.8. The molecule has 0 aliphatic carbocycles. The van der Waals surface area contributed by atoms with Crippen LogP contribution in [0.4, 0.5) is 0 Å². The minimum Gasteiger partial charge on any atom is -0.353 e. The fourth-order valence-corrected chi connectivity index (χ4v) is 4.31. The number of para-hydroxylation sites is 1. The summed E-state index contributed by atoms with van der Waals surface area (Å²) in [5.41, 5.74) is 1.83. The highest BCUT2D eigenvalue weighted by Crippen LogP contribution is 2.26. The normalized spacial score (nSPS) is 14.2. The highest BCUT2D eigenvalue weighted by Gasteiger charge is 2.42. The maximum atomic E-state index is 13.0. The highest BCUT2D eigenvalue weighted by molar-refractivity contribution is 7.98. The number of benzene rings is 2. The fourth-order valence-electron chi connectivity index (χ4n) is 3.85. The second-order valence-corrected chi connectivity index (χ2v) is 8.17. The Kier molecular flexibility index (Phi) is 5.90. The van der Waals surface area contributed by atoms with Crippen LogP contribution in [0.5, 0.6) is 0 Å². The summed E-state index contributed by atoms with van der Waals surface area (Å²) in [7, 11) is 0. The van der Waals surface area contributed by atoms with Crippen LogP contribution in [0.3, 0.4) is 0 Å². The number of carbonyl (C=O) groups is 3. The number of nitrogens with zero attached hydrogens (tertiary/aromatic N) is 2. The zero-order chi connectivity index (χ0) is 21.1. The van der Waals surface area contributed by atoms with Gasteiger partial charge in [0.2, 0.25) is 5.91 Å². The summed E-state index contributed by atoms with van der Waals surface area (Å²) < 4.78 is 2.08. The van der Waals surface area contributed by atoms with Gasteiger partial charge in [-0.25, -0.2) is 0 Å². The Morgan fingerprint density at radius 1 is 1.00 bits per heavy atom. The molecule has 1 aliphatic heterocycles. The van der Waals surface area contributed by atoms with E-state index in [-0.39, 0.29) is 5.91 Å². The predicted octanol–water partition coefficient (Wildman–Crippen LogP) is 3.18. The van der Waals surface area contributed by atoms with Crippen molar-refractivity contribution in [1.29, 1.82) is 0 Å². The molecule has 1 aliphatic rings. The van der Waals surface area contributed by atoms with Crippen molar-refractivity contribution in [3.63, 3.8) is 0 Å². The first-order valence-electron chi connectivity index (χ1n) is 9.89. The molecule has 3 aromatic rings. The lowest BCUT2D eigenvalue weighted by Crippen LogP contribution is -2.50. The molecule has 0 spiro atoms. The van der Waals surface area contributed by atoms with Gasteiger partial charge in [0.25, 0.3) is 11.8 Å². The van der Waals surface area contributed by atoms with Gasteiger partial charge in [-0.2, -0.15) is 11.8 Å². The lowest BCUT2D eigenvalue weighted by molar-refractivity contribution is -0.125. The number of fused-ring (bicyclic) bond motifs is 2. The Bertz CT molecular complexity index is 1070. The number of rotatable bonds is 8. The van der Waals surface area contributed by atoms with Gasteiger partial charge in [0, 0.05) is 24.8 Å². The summed E-state index contributed by atoms with van der Waals surface area (Å²) >= 11 is 1.58. The topological polar surface area (TPSA) is 71.4 Å². The molecule has 1 N–H and O–H groups in total. The van der Waals surface area contributed by atoms with Crippen molar-refractivity contribution in [3.8, 4) is 0 Å². The van der Waals surface area contributed by atoms with Gasteiger partial charge in [-0.3, -0.25) is 19.3 Å². The van der Waals surface area contributed by atoms with Gasteiger partial charge >= 0.3 is 0 Å². The molecule has 0 saturated heterocycles. The highest BCUT2D eigenvalue weighted by atomic mass is 32.2. The summed E-state index contributed by atoms with van der Waals surface area (Å²) in [6.45, 7) is 1.02. The monoisotopic (exact) mass is 421 g/mol. The summed E-state index contributed by atoms with van der Waals surface area (Å²) in [6.07, 6.45) is 4.35.